The standard InChI is InChI=1S/C19H19N3O2S2/c1-13-17(18(24)22(20(13)2)14-7-4-3-5-8-14)19-21(16(23)12-26-19)11-15-9-6-10-25-15/h3-10,19H,11-12H2,1-2H3. The van der Waals surface area contributed by atoms with Gasteiger partial charge in [0.25, 0.3) is 5.56 Å². The van der Waals surface area contributed by atoms with E-state index in [4.69, 9.17) is 0 Å². The van der Waals surface area contributed by atoms with E-state index in [-0.39, 0.29) is 16.8 Å². The minimum absolute atomic E-state index is 0.0559. The van der Waals surface area contributed by atoms with E-state index in [0.717, 1.165) is 16.3 Å². The minimum Gasteiger partial charge on any atom is -0.320 e. The zero-order valence-corrected chi connectivity index (χ0v) is 16.2. The zero-order valence-electron chi connectivity index (χ0n) is 14.6. The molecule has 0 saturated carbocycles. The number of aromatic nitrogens is 2. The summed E-state index contributed by atoms with van der Waals surface area (Å²) in [5, 5.41) is 1.77. The van der Waals surface area contributed by atoms with Gasteiger partial charge in [0.1, 0.15) is 5.37 Å². The van der Waals surface area contributed by atoms with Gasteiger partial charge < -0.3 is 4.90 Å². The highest BCUT2D eigenvalue weighted by Gasteiger charge is 2.37. The third-order valence-corrected chi connectivity index (χ3v) is 6.80. The molecule has 0 N–H and O–H groups in total. The van der Waals surface area contributed by atoms with E-state index >= 15 is 0 Å². The second kappa shape index (κ2) is 6.81. The first-order valence-electron chi connectivity index (χ1n) is 8.35. The number of thiophene rings is 1. The van der Waals surface area contributed by atoms with Crippen molar-refractivity contribution in [3.63, 3.8) is 0 Å². The second-order valence-electron chi connectivity index (χ2n) is 6.24. The summed E-state index contributed by atoms with van der Waals surface area (Å²) < 4.78 is 3.55. The number of thioether (sulfide) groups is 1. The Morgan fingerprint density at radius 3 is 2.58 bits per heavy atom. The maximum absolute atomic E-state index is 13.2. The molecule has 7 heteroatoms. The predicted molar refractivity (Wildman–Crippen MR) is 106 cm³/mol. The fourth-order valence-electron chi connectivity index (χ4n) is 3.31. The Labute approximate surface area is 159 Å². The van der Waals surface area contributed by atoms with Gasteiger partial charge in [-0.25, -0.2) is 4.68 Å². The summed E-state index contributed by atoms with van der Waals surface area (Å²) in [5.74, 6) is 0.497. The third-order valence-electron chi connectivity index (χ3n) is 4.72. The highest BCUT2D eigenvalue weighted by molar-refractivity contribution is 8.00. The number of hydrogen-bond acceptors (Lipinski definition) is 4. The molecular weight excluding hydrogens is 366 g/mol. The molecule has 0 spiro atoms. The lowest BCUT2D eigenvalue weighted by atomic mass is 10.2. The first kappa shape index (κ1) is 17.2. The lowest BCUT2D eigenvalue weighted by Gasteiger charge is -2.22. The molecule has 3 aromatic rings. The quantitative estimate of drug-likeness (QED) is 0.692. The van der Waals surface area contributed by atoms with Crippen molar-refractivity contribution in [1.82, 2.24) is 14.3 Å². The molecule has 0 bridgehead atoms. The second-order valence-corrected chi connectivity index (χ2v) is 8.34. The summed E-state index contributed by atoms with van der Waals surface area (Å²) in [6.45, 7) is 2.50. The number of rotatable bonds is 4. The maximum atomic E-state index is 13.2. The van der Waals surface area contributed by atoms with Gasteiger partial charge in [0.2, 0.25) is 5.91 Å². The average Bonchev–Trinajstić information content (AvgIpc) is 3.32. The van der Waals surface area contributed by atoms with Crippen molar-refractivity contribution in [2.45, 2.75) is 18.8 Å². The Bertz CT molecular complexity index is 990. The van der Waals surface area contributed by atoms with Crippen LogP contribution in [0.5, 0.6) is 0 Å². The van der Waals surface area contributed by atoms with Crippen molar-refractivity contribution in [1.29, 1.82) is 0 Å². The molecule has 1 aromatic carbocycles. The molecule has 1 amide bonds. The molecular formula is C19H19N3O2S2. The third kappa shape index (κ3) is 2.81. The summed E-state index contributed by atoms with van der Waals surface area (Å²) in [6.07, 6.45) is 0. The van der Waals surface area contributed by atoms with Crippen LogP contribution in [0.3, 0.4) is 0 Å². The van der Waals surface area contributed by atoms with Crippen molar-refractivity contribution in [3.8, 4) is 5.69 Å². The van der Waals surface area contributed by atoms with Gasteiger partial charge in [-0.05, 0) is 30.5 Å². The topological polar surface area (TPSA) is 47.2 Å². The van der Waals surface area contributed by atoms with Gasteiger partial charge in [0, 0.05) is 17.6 Å². The van der Waals surface area contributed by atoms with Crippen molar-refractivity contribution in [3.05, 3.63) is 74.3 Å². The number of carbonyl (C=O) groups excluding carboxylic acids is 1. The molecule has 2 aromatic heterocycles. The van der Waals surface area contributed by atoms with Crippen LogP contribution >= 0.6 is 23.1 Å². The number of carbonyl (C=O) groups is 1. The van der Waals surface area contributed by atoms with E-state index in [9.17, 15) is 9.59 Å². The fourth-order valence-corrected chi connectivity index (χ4v) is 5.29. The molecule has 1 fully saturated rings. The van der Waals surface area contributed by atoms with Crippen LogP contribution < -0.4 is 5.56 Å². The van der Waals surface area contributed by atoms with Crippen LogP contribution in [0.1, 0.15) is 21.5 Å². The summed E-state index contributed by atoms with van der Waals surface area (Å²) in [4.78, 5) is 28.7. The summed E-state index contributed by atoms with van der Waals surface area (Å²) in [7, 11) is 1.89. The van der Waals surface area contributed by atoms with Gasteiger partial charge in [0.05, 0.1) is 23.5 Å². The van der Waals surface area contributed by atoms with E-state index < -0.39 is 0 Å². The molecule has 1 saturated heterocycles. The first-order valence-corrected chi connectivity index (χ1v) is 10.3. The monoisotopic (exact) mass is 385 g/mol. The Morgan fingerprint density at radius 1 is 1.12 bits per heavy atom. The van der Waals surface area contributed by atoms with E-state index in [1.807, 2.05) is 71.4 Å². The van der Waals surface area contributed by atoms with Gasteiger partial charge in [-0.1, -0.05) is 24.3 Å². The Balaban J connectivity index is 1.78. The molecule has 1 unspecified atom stereocenters. The molecule has 1 aliphatic heterocycles. The summed E-state index contributed by atoms with van der Waals surface area (Å²) in [6, 6.07) is 13.6. The number of nitrogens with zero attached hydrogens (tertiary/aromatic N) is 3. The molecule has 3 heterocycles. The maximum Gasteiger partial charge on any atom is 0.277 e. The Morgan fingerprint density at radius 2 is 1.88 bits per heavy atom. The van der Waals surface area contributed by atoms with Gasteiger partial charge in [-0.15, -0.1) is 23.1 Å². The van der Waals surface area contributed by atoms with Crippen molar-refractivity contribution >= 4 is 29.0 Å². The normalized spacial score (nSPS) is 17.2. The van der Waals surface area contributed by atoms with Gasteiger partial charge >= 0.3 is 0 Å². The van der Waals surface area contributed by atoms with Crippen LogP contribution in [0.4, 0.5) is 0 Å². The lowest BCUT2D eigenvalue weighted by molar-refractivity contribution is -0.128. The van der Waals surface area contributed by atoms with Gasteiger partial charge in [-0.2, -0.15) is 0 Å². The first-order chi connectivity index (χ1) is 12.6. The zero-order chi connectivity index (χ0) is 18.3. The van der Waals surface area contributed by atoms with Gasteiger partial charge in [-0.3, -0.25) is 14.3 Å². The van der Waals surface area contributed by atoms with E-state index in [1.165, 1.54) is 11.8 Å². The highest BCUT2D eigenvalue weighted by Crippen LogP contribution is 2.40. The van der Waals surface area contributed by atoms with Crippen LogP contribution in [0.15, 0.2) is 52.6 Å². The van der Waals surface area contributed by atoms with Crippen molar-refractivity contribution < 1.29 is 4.79 Å². The van der Waals surface area contributed by atoms with Gasteiger partial charge in [0.15, 0.2) is 0 Å². The summed E-state index contributed by atoms with van der Waals surface area (Å²) in [5.41, 5.74) is 2.36. The SMILES string of the molecule is Cc1c(C2SCC(=O)N2Cc2cccs2)c(=O)n(-c2ccccc2)n1C. The highest BCUT2D eigenvalue weighted by atomic mass is 32.2. The molecule has 134 valence electrons. The smallest absolute Gasteiger partial charge is 0.277 e. The predicted octanol–water partition coefficient (Wildman–Crippen LogP) is 3.32. The number of benzene rings is 1. The summed E-state index contributed by atoms with van der Waals surface area (Å²) >= 11 is 3.16. The minimum atomic E-state index is -0.242. The Hall–Kier alpha value is -2.25. The van der Waals surface area contributed by atoms with E-state index in [2.05, 4.69) is 0 Å². The van der Waals surface area contributed by atoms with Crippen molar-refractivity contribution in [2.24, 2.45) is 7.05 Å². The Kier molecular flexibility index (Phi) is 4.50. The molecule has 4 rings (SSSR count). The van der Waals surface area contributed by atoms with Crippen LogP contribution in [0.2, 0.25) is 0 Å². The largest absolute Gasteiger partial charge is 0.320 e. The number of para-hydroxylation sites is 1. The fraction of sp³-hybridized carbons (Fsp3) is 0.263. The molecule has 26 heavy (non-hydrogen) atoms. The van der Waals surface area contributed by atoms with Crippen LogP contribution in [-0.4, -0.2) is 25.9 Å². The average molecular weight is 386 g/mol. The van der Waals surface area contributed by atoms with Crippen molar-refractivity contribution in [2.75, 3.05) is 5.75 Å². The number of hydrogen-bond donors (Lipinski definition) is 0. The molecule has 5 nitrogen and oxygen atoms in total. The number of amides is 1. The van der Waals surface area contributed by atoms with E-state index in [0.29, 0.717) is 17.9 Å². The molecule has 1 atom stereocenters. The molecule has 1 aliphatic rings. The molecule has 0 aliphatic carbocycles. The van der Waals surface area contributed by atoms with Crippen LogP contribution in [0.25, 0.3) is 5.69 Å². The van der Waals surface area contributed by atoms with Crippen LogP contribution in [-0.2, 0) is 18.4 Å². The van der Waals surface area contributed by atoms with E-state index in [1.54, 1.807) is 16.0 Å². The van der Waals surface area contributed by atoms with Crippen LogP contribution in [0, 0.1) is 6.92 Å². The molecule has 0 radical (unpaired) electrons. The lowest BCUT2D eigenvalue weighted by Crippen LogP contribution is -2.30.